The Labute approximate surface area is 82.8 Å². The van der Waals surface area contributed by atoms with Crippen LogP contribution in [0.25, 0.3) is 11.0 Å². The monoisotopic (exact) mass is 197 g/mol. The molecule has 0 spiro atoms. The highest BCUT2D eigenvalue weighted by molar-refractivity contribution is 5.89. The van der Waals surface area contributed by atoms with Crippen LogP contribution in [0.2, 0.25) is 0 Å². The van der Waals surface area contributed by atoms with Crippen LogP contribution in [-0.4, -0.2) is 9.97 Å². The van der Waals surface area contributed by atoms with E-state index in [4.69, 9.17) is 5.73 Å². The quantitative estimate of drug-likeness (QED) is 0.636. The Morgan fingerprint density at radius 3 is 2.77 bits per heavy atom. The predicted octanol–water partition coefficient (Wildman–Crippen LogP) is 2.18. The molecule has 1 aromatic heterocycles. The third-order valence-electron chi connectivity index (χ3n) is 2.28. The van der Waals surface area contributed by atoms with E-state index in [1.165, 1.54) is 5.56 Å². The van der Waals surface area contributed by atoms with Crippen LogP contribution in [0.1, 0.15) is 11.1 Å². The first kappa shape index (κ1) is 9.86. The first-order valence-corrected chi connectivity index (χ1v) is 3.89. The number of fused-ring (bicyclic) bond motifs is 1. The molecule has 0 aliphatic heterocycles. The van der Waals surface area contributed by atoms with Crippen LogP contribution in [0.3, 0.4) is 0 Å². The number of aryl methyl sites for hydroxylation is 1. The number of hydrogen-bond acceptors (Lipinski definition) is 2. The summed E-state index contributed by atoms with van der Waals surface area (Å²) in [5, 5.41) is 0. The number of halogens is 1. The molecule has 70 valence electrons. The summed E-state index contributed by atoms with van der Waals surface area (Å²) in [5.74, 6) is 0. The molecule has 0 fully saturated rings. The molecule has 0 aliphatic carbocycles. The standard InChI is InChI=1S/C9H11N3.ClH/c1-5-3-7-9(12-4-11-7)8(10)6(5)2;/h3-4H,10H2,1-2H3,(H,11,12);1H. The van der Waals surface area contributed by atoms with E-state index in [1.807, 2.05) is 13.8 Å². The first-order valence-electron chi connectivity index (χ1n) is 3.89. The number of aromatic amines is 1. The van der Waals surface area contributed by atoms with E-state index >= 15 is 0 Å². The number of nitrogens with two attached hydrogens (primary N) is 1. The van der Waals surface area contributed by atoms with Gasteiger partial charge in [0.05, 0.1) is 17.5 Å². The summed E-state index contributed by atoms with van der Waals surface area (Å²) in [6.45, 7) is 4.06. The Balaban J connectivity index is 0.000000845. The number of nitrogens with zero attached hydrogens (tertiary/aromatic N) is 1. The average Bonchev–Trinajstić information content (AvgIpc) is 2.48. The second-order valence-corrected chi connectivity index (χ2v) is 3.03. The van der Waals surface area contributed by atoms with Crippen LogP contribution in [0, 0.1) is 13.8 Å². The van der Waals surface area contributed by atoms with Gasteiger partial charge < -0.3 is 10.7 Å². The molecule has 13 heavy (non-hydrogen) atoms. The average molecular weight is 198 g/mol. The molecule has 0 radical (unpaired) electrons. The molecule has 3 nitrogen and oxygen atoms in total. The number of H-pyrrole nitrogens is 1. The molecular formula is C9H12ClN3. The molecule has 1 heterocycles. The summed E-state index contributed by atoms with van der Waals surface area (Å²) in [7, 11) is 0. The molecule has 4 heteroatoms. The number of aromatic nitrogens is 2. The zero-order chi connectivity index (χ0) is 8.72. The van der Waals surface area contributed by atoms with Crippen molar-refractivity contribution < 1.29 is 0 Å². The van der Waals surface area contributed by atoms with Crippen molar-refractivity contribution in [1.29, 1.82) is 0 Å². The van der Waals surface area contributed by atoms with Crippen molar-refractivity contribution in [2.75, 3.05) is 5.73 Å². The topological polar surface area (TPSA) is 54.7 Å². The Morgan fingerprint density at radius 2 is 2.08 bits per heavy atom. The highest BCUT2D eigenvalue weighted by atomic mass is 35.5. The summed E-state index contributed by atoms with van der Waals surface area (Å²) in [6.07, 6.45) is 1.67. The van der Waals surface area contributed by atoms with E-state index in [1.54, 1.807) is 6.33 Å². The van der Waals surface area contributed by atoms with Crippen molar-refractivity contribution in [2.24, 2.45) is 0 Å². The summed E-state index contributed by atoms with van der Waals surface area (Å²) < 4.78 is 0. The Hall–Kier alpha value is -1.22. The Morgan fingerprint density at radius 1 is 1.38 bits per heavy atom. The fourth-order valence-electron chi connectivity index (χ4n) is 1.34. The minimum absolute atomic E-state index is 0. The van der Waals surface area contributed by atoms with Gasteiger partial charge in [-0.1, -0.05) is 0 Å². The second-order valence-electron chi connectivity index (χ2n) is 3.03. The van der Waals surface area contributed by atoms with E-state index in [2.05, 4.69) is 16.0 Å². The van der Waals surface area contributed by atoms with E-state index in [0.29, 0.717) is 0 Å². The third kappa shape index (κ3) is 1.35. The molecule has 0 saturated heterocycles. The van der Waals surface area contributed by atoms with Crippen LogP contribution in [0.5, 0.6) is 0 Å². The summed E-state index contributed by atoms with van der Waals surface area (Å²) in [5.41, 5.74) is 10.9. The maximum absolute atomic E-state index is 5.88. The van der Waals surface area contributed by atoms with E-state index in [0.717, 1.165) is 22.3 Å². The molecule has 0 amide bonds. The second kappa shape index (κ2) is 3.26. The first-order chi connectivity index (χ1) is 5.70. The highest BCUT2D eigenvalue weighted by Crippen LogP contribution is 2.24. The van der Waals surface area contributed by atoms with Crippen LogP contribution in [0.15, 0.2) is 12.4 Å². The minimum atomic E-state index is 0. The zero-order valence-corrected chi connectivity index (χ0v) is 8.40. The van der Waals surface area contributed by atoms with Crippen molar-refractivity contribution in [3.05, 3.63) is 23.5 Å². The lowest BCUT2D eigenvalue weighted by Crippen LogP contribution is -1.93. The highest BCUT2D eigenvalue weighted by Gasteiger charge is 2.05. The molecule has 0 bridgehead atoms. The molecule has 1 aromatic carbocycles. The van der Waals surface area contributed by atoms with Gasteiger partial charge >= 0.3 is 0 Å². The van der Waals surface area contributed by atoms with Crippen LogP contribution in [-0.2, 0) is 0 Å². The van der Waals surface area contributed by atoms with Crippen molar-refractivity contribution in [1.82, 2.24) is 9.97 Å². The largest absolute Gasteiger partial charge is 0.397 e. The SMILES string of the molecule is Cc1cc2[nH]cnc2c(N)c1C.Cl. The van der Waals surface area contributed by atoms with Gasteiger partial charge in [-0.05, 0) is 31.0 Å². The third-order valence-corrected chi connectivity index (χ3v) is 2.28. The molecule has 2 rings (SSSR count). The number of nitrogen functional groups attached to an aromatic ring is 1. The zero-order valence-electron chi connectivity index (χ0n) is 7.59. The molecule has 0 aliphatic rings. The fourth-order valence-corrected chi connectivity index (χ4v) is 1.34. The Bertz CT molecular complexity index is 434. The van der Waals surface area contributed by atoms with Gasteiger partial charge in [0.2, 0.25) is 0 Å². The summed E-state index contributed by atoms with van der Waals surface area (Å²) >= 11 is 0. The van der Waals surface area contributed by atoms with Gasteiger partial charge in [-0.25, -0.2) is 4.98 Å². The van der Waals surface area contributed by atoms with Gasteiger partial charge in [0.25, 0.3) is 0 Å². The summed E-state index contributed by atoms with van der Waals surface area (Å²) in [4.78, 5) is 7.18. The van der Waals surface area contributed by atoms with Crippen molar-refractivity contribution in [3.63, 3.8) is 0 Å². The van der Waals surface area contributed by atoms with Crippen molar-refractivity contribution in [3.8, 4) is 0 Å². The van der Waals surface area contributed by atoms with Gasteiger partial charge in [-0.2, -0.15) is 0 Å². The van der Waals surface area contributed by atoms with Gasteiger partial charge in [0.15, 0.2) is 0 Å². The van der Waals surface area contributed by atoms with Gasteiger partial charge in [-0.15, -0.1) is 12.4 Å². The molecule has 3 N–H and O–H groups in total. The smallest absolute Gasteiger partial charge is 0.111 e. The lowest BCUT2D eigenvalue weighted by Gasteiger charge is -2.03. The number of imidazole rings is 1. The normalized spacial score (nSPS) is 10.0. The van der Waals surface area contributed by atoms with Gasteiger partial charge in [0.1, 0.15) is 5.52 Å². The van der Waals surface area contributed by atoms with E-state index in [9.17, 15) is 0 Å². The summed E-state index contributed by atoms with van der Waals surface area (Å²) in [6, 6.07) is 2.06. The molecule has 0 saturated carbocycles. The maximum Gasteiger partial charge on any atom is 0.111 e. The number of anilines is 1. The number of rotatable bonds is 0. The predicted molar refractivity (Wildman–Crippen MR) is 57.2 cm³/mol. The van der Waals surface area contributed by atoms with Crippen LogP contribution < -0.4 is 5.73 Å². The van der Waals surface area contributed by atoms with Gasteiger partial charge in [-0.3, -0.25) is 0 Å². The number of benzene rings is 1. The Kier molecular flexibility index (Phi) is 2.48. The van der Waals surface area contributed by atoms with E-state index in [-0.39, 0.29) is 12.4 Å². The lowest BCUT2D eigenvalue weighted by atomic mass is 10.1. The van der Waals surface area contributed by atoms with Crippen LogP contribution >= 0.6 is 12.4 Å². The van der Waals surface area contributed by atoms with Crippen molar-refractivity contribution >= 4 is 29.1 Å². The minimum Gasteiger partial charge on any atom is -0.397 e. The molecule has 0 unspecified atom stereocenters. The lowest BCUT2D eigenvalue weighted by molar-refractivity contribution is 1.34. The van der Waals surface area contributed by atoms with Gasteiger partial charge in [0, 0.05) is 0 Å². The molecule has 0 atom stereocenters. The van der Waals surface area contributed by atoms with E-state index < -0.39 is 0 Å². The van der Waals surface area contributed by atoms with Crippen LogP contribution in [0.4, 0.5) is 5.69 Å². The maximum atomic E-state index is 5.88. The number of hydrogen-bond donors (Lipinski definition) is 2. The molecular weight excluding hydrogens is 186 g/mol. The number of nitrogens with one attached hydrogen (secondary N) is 1. The van der Waals surface area contributed by atoms with Crippen molar-refractivity contribution in [2.45, 2.75) is 13.8 Å². The fraction of sp³-hybridized carbons (Fsp3) is 0.222. The molecule has 2 aromatic rings.